The molecule has 1 aromatic rings. The number of imide groups is 1. The molecule has 2 aliphatic heterocycles. The number of ether oxygens (including phenoxy) is 1. The van der Waals surface area contributed by atoms with Crippen molar-refractivity contribution in [3.05, 3.63) is 24.3 Å². The zero-order chi connectivity index (χ0) is 22.6. The fourth-order valence-corrected chi connectivity index (χ4v) is 4.68. The Morgan fingerprint density at radius 3 is 2.56 bits per heavy atom. The second-order valence-electron chi connectivity index (χ2n) is 8.73. The van der Waals surface area contributed by atoms with Crippen LogP contribution in [0.15, 0.2) is 24.3 Å². The molecule has 0 unspecified atom stereocenters. The summed E-state index contributed by atoms with van der Waals surface area (Å²) in [5.74, 6) is -0.0709. The number of likely N-dealkylation sites (tertiary alicyclic amines) is 1. The van der Waals surface area contributed by atoms with E-state index in [1.807, 2.05) is 0 Å². The van der Waals surface area contributed by atoms with Gasteiger partial charge in [0.25, 0.3) is 11.8 Å². The van der Waals surface area contributed by atoms with Crippen molar-refractivity contribution >= 4 is 29.4 Å². The lowest BCUT2D eigenvalue weighted by Gasteiger charge is -2.30. The highest BCUT2D eigenvalue weighted by Gasteiger charge is 2.51. The van der Waals surface area contributed by atoms with Crippen LogP contribution in [-0.4, -0.2) is 65.3 Å². The molecule has 2 heterocycles. The maximum Gasteiger partial charge on any atom is 0.325 e. The Hall–Kier alpha value is -3.10. The molecule has 3 aliphatic rings. The van der Waals surface area contributed by atoms with Gasteiger partial charge in [-0.2, -0.15) is 0 Å². The molecule has 2 saturated heterocycles. The number of hydrogen-bond donors (Lipinski definition) is 2. The van der Waals surface area contributed by atoms with Gasteiger partial charge in [0.05, 0.1) is 0 Å². The molecule has 32 heavy (non-hydrogen) atoms. The number of rotatable bonds is 7. The van der Waals surface area contributed by atoms with Crippen LogP contribution < -0.4 is 15.4 Å². The summed E-state index contributed by atoms with van der Waals surface area (Å²) in [5, 5.41) is 5.62. The van der Waals surface area contributed by atoms with Crippen molar-refractivity contribution < 1.29 is 23.9 Å². The van der Waals surface area contributed by atoms with Gasteiger partial charge in [-0.3, -0.25) is 19.3 Å². The third-order valence-electron chi connectivity index (χ3n) is 6.45. The molecule has 0 bridgehead atoms. The van der Waals surface area contributed by atoms with Crippen LogP contribution in [-0.2, 0) is 14.4 Å². The van der Waals surface area contributed by atoms with Gasteiger partial charge in [0.1, 0.15) is 11.3 Å². The number of nitrogens with zero attached hydrogens (tertiary/aromatic N) is 2. The number of carbonyl (C=O) groups excluding carboxylic acids is 4. The van der Waals surface area contributed by atoms with E-state index in [0.29, 0.717) is 24.3 Å². The second kappa shape index (κ2) is 9.58. The van der Waals surface area contributed by atoms with Crippen molar-refractivity contribution in [2.45, 2.75) is 56.9 Å². The second-order valence-corrected chi connectivity index (χ2v) is 8.73. The van der Waals surface area contributed by atoms with E-state index < -0.39 is 11.6 Å². The molecule has 4 rings (SSSR count). The zero-order valence-electron chi connectivity index (χ0n) is 18.2. The minimum atomic E-state index is -0.774. The summed E-state index contributed by atoms with van der Waals surface area (Å²) in [4.78, 5) is 52.6. The quantitative estimate of drug-likeness (QED) is 0.630. The minimum Gasteiger partial charge on any atom is -0.484 e. The van der Waals surface area contributed by atoms with Crippen LogP contribution in [0.4, 0.5) is 10.5 Å². The SMILES string of the molecule is O=C(CCN1C(=O)NC2(CCCCC2)C1=O)Nc1cccc(OCC(=O)N2CCCC2)c1. The summed E-state index contributed by atoms with van der Waals surface area (Å²) in [5.41, 5.74) is -0.244. The van der Waals surface area contributed by atoms with Gasteiger partial charge in [-0.05, 0) is 37.8 Å². The highest BCUT2D eigenvalue weighted by molar-refractivity contribution is 6.07. The fraction of sp³-hybridized carbons (Fsp3) is 0.565. The molecule has 172 valence electrons. The molecule has 1 saturated carbocycles. The summed E-state index contributed by atoms with van der Waals surface area (Å²) in [6.45, 7) is 1.55. The van der Waals surface area contributed by atoms with Crippen LogP contribution in [0.25, 0.3) is 0 Å². The fourth-order valence-electron chi connectivity index (χ4n) is 4.68. The Balaban J connectivity index is 1.26. The minimum absolute atomic E-state index is 0.00771. The van der Waals surface area contributed by atoms with Gasteiger partial charge in [0.2, 0.25) is 5.91 Å². The third kappa shape index (κ3) is 4.87. The topological polar surface area (TPSA) is 108 Å². The van der Waals surface area contributed by atoms with Gasteiger partial charge < -0.3 is 20.3 Å². The van der Waals surface area contributed by atoms with Crippen LogP contribution in [0.3, 0.4) is 0 Å². The lowest BCUT2D eigenvalue weighted by atomic mass is 9.82. The van der Waals surface area contributed by atoms with Crippen LogP contribution >= 0.6 is 0 Å². The lowest BCUT2D eigenvalue weighted by molar-refractivity contribution is -0.133. The molecule has 3 fully saturated rings. The lowest BCUT2D eigenvalue weighted by Crippen LogP contribution is -2.48. The van der Waals surface area contributed by atoms with E-state index >= 15 is 0 Å². The first-order valence-electron chi connectivity index (χ1n) is 11.4. The Morgan fingerprint density at radius 1 is 1.06 bits per heavy atom. The maximum absolute atomic E-state index is 12.8. The number of hydrogen-bond acceptors (Lipinski definition) is 5. The number of anilines is 1. The highest BCUT2D eigenvalue weighted by atomic mass is 16.5. The van der Waals surface area contributed by atoms with Gasteiger partial charge >= 0.3 is 6.03 Å². The summed E-state index contributed by atoms with van der Waals surface area (Å²) in [6, 6.07) is 6.42. The first-order valence-corrected chi connectivity index (χ1v) is 11.4. The molecule has 1 aliphatic carbocycles. The van der Waals surface area contributed by atoms with Gasteiger partial charge in [0.15, 0.2) is 6.61 Å². The predicted molar refractivity (Wildman–Crippen MR) is 117 cm³/mol. The van der Waals surface area contributed by atoms with E-state index in [4.69, 9.17) is 4.74 Å². The van der Waals surface area contributed by atoms with Crippen molar-refractivity contribution in [3.8, 4) is 5.75 Å². The van der Waals surface area contributed by atoms with Crippen LogP contribution in [0.1, 0.15) is 51.4 Å². The van der Waals surface area contributed by atoms with Gasteiger partial charge in [-0.15, -0.1) is 0 Å². The van der Waals surface area contributed by atoms with E-state index in [2.05, 4.69) is 10.6 Å². The largest absolute Gasteiger partial charge is 0.484 e. The average molecular weight is 443 g/mol. The average Bonchev–Trinajstić information content (AvgIpc) is 3.40. The smallest absolute Gasteiger partial charge is 0.325 e. The monoisotopic (exact) mass is 442 g/mol. The van der Waals surface area contributed by atoms with E-state index in [1.54, 1.807) is 29.2 Å². The summed E-state index contributed by atoms with van der Waals surface area (Å²) >= 11 is 0. The summed E-state index contributed by atoms with van der Waals surface area (Å²) < 4.78 is 5.59. The highest BCUT2D eigenvalue weighted by Crippen LogP contribution is 2.33. The van der Waals surface area contributed by atoms with Crippen molar-refractivity contribution in [1.82, 2.24) is 15.1 Å². The van der Waals surface area contributed by atoms with E-state index in [0.717, 1.165) is 50.1 Å². The van der Waals surface area contributed by atoms with E-state index in [1.165, 1.54) is 0 Å². The Labute approximate surface area is 187 Å². The Bertz CT molecular complexity index is 890. The molecule has 2 N–H and O–H groups in total. The first kappa shape index (κ1) is 22.1. The normalized spacial score (nSPS) is 19.9. The Kier molecular flexibility index (Phi) is 6.62. The molecule has 0 atom stereocenters. The molecule has 1 spiro atoms. The molecule has 0 aromatic heterocycles. The first-order chi connectivity index (χ1) is 15.5. The molecular weight excluding hydrogens is 412 g/mol. The van der Waals surface area contributed by atoms with Crippen molar-refractivity contribution in [1.29, 1.82) is 0 Å². The van der Waals surface area contributed by atoms with Crippen LogP contribution in [0.2, 0.25) is 0 Å². The standard InChI is InChI=1S/C23H30N4O5/c28-19(9-14-27-21(30)23(25-22(27)31)10-2-1-3-11-23)24-17-7-6-8-18(15-17)32-16-20(29)26-12-4-5-13-26/h6-8,15H,1-5,9-14,16H2,(H,24,28)(H,25,31). The van der Waals surface area contributed by atoms with Crippen molar-refractivity contribution in [3.63, 3.8) is 0 Å². The number of carbonyl (C=O) groups is 4. The molecule has 0 radical (unpaired) electrons. The third-order valence-corrected chi connectivity index (χ3v) is 6.45. The van der Waals surface area contributed by atoms with Crippen LogP contribution in [0, 0.1) is 0 Å². The predicted octanol–water partition coefficient (Wildman–Crippen LogP) is 2.27. The number of urea groups is 1. The number of nitrogens with one attached hydrogen (secondary N) is 2. The number of amides is 5. The molecule has 9 nitrogen and oxygen atoms in total. The zero-order valence-corrected chi connectivity index (χ0v) is 18.2. The van der Waals surface area contributed by atoms with Crippen LogP contribution in [0.5, 0.6) is 5.75 Å². The van der Waals surface area contributed by atoms with Crippen molar-refractivity contribution in [2.75, 3.05) is 31.6 Å². The Morgan fingerprint density at radius 2 is 1.81 bits per heavy atom. The number of benzene rings is 1. The molecule has 1 aromatic carbocycles. The summed E-state index contributed by atoms with van der Waals surface area (Å²) in [7, 11) is 0. The van der Waals surface area contributed by atoms with E-state index in [9.17, 15) is 19.2 Å². The maximum atomic E-state index is 12.8. The van der Waals surface area contributed by atoms with Gasteiger partial charge in [0, 0.05) is 37.8 Å². The molecule has 5 amide bonds. The summed E-state index contributed by atoms with van der Waals surface area (Å²) in [6.07, 6.45) is 6.29. The molecule has 9 heteroatoms. The molecular formula is C23H30N4O5. The van der Waals surface area contributed by atoms with Gasteiger partial charge in [-0.1, -0.05) is 25.3 Å². The van der Waals surface area contributed by atoms with Crippen molar-refractivity contribution in [2.24, 2.45) is 0 Å². The van der Waals surface area contributed by atoms with E-state index in [-0.39, 0.29) is 37.3 Å². The van der Waals surface area contributed by atoms with Gasteiger partial charge in [-0.25, -0.2) is 4.79 Å².